The third-order valence-electron chi connectivity index (χ3n) is 4.84. The van der Waals surface area contributed by atoms with E-state index in [9.17, 15) is 20.2 Å². The molecular weight excluding hydrogens is 585 g/mol. The van der Waals surface area contributed by atoms with E-state index in [2.05, 4.69) is 27.9 Å². The lowest BCUT2D eigenvalue weighted by molar-refractivity contribution is -0.384. The monoisotopic (exact) mass is 603 g/mol. The molecule has 0 spiro atoms. The van der Waals surface area contributed by atoms with Crippen LogP contribution in [0.2, 0.25) is 5.02 Å². The normalized spacial score (nSPS) is 10.9. The second-order valence-corrected chi connectivity index (χ2v) is 8.92. The average molecular weight is 604 g/mol. The van der Waals surface area contributed by atoms with E-state index in [0.29, 0.717) is 23.7 Å². The van der Waals surface area contributed by atoms with Gasteiger partial charge in [0.2, 0.25) is 0 Å². The van der Waals surface area contributed by atoms with Crippen LogP contribution in [0.1, 0.15) is 16.7 Å². The average Bonchev–Trinajstić information content (AvgIpc) is 2.83. The summed E-state index contributed by atoms with van der Waals surface area (Å²) in [5.74, 6) is 0.218. The Morgan fingerprint density at radius 1 is 1.23 bits per heavy atom. The molecule has 0 aromatic heterocycles. The first-order valence-electron chi connectivity index (χ1n) is 10.1. The van der Waals surface area contributed by atoms with Gasteiger partial charge < -0.3 is 14.8 Å². The first kappa shape index (κ1) is 26.0. The third-order valence-corrected chi connectivity index (χ3v) is 5.97. The van der Waals surface area contributed by atoms with Crippen molar-refractivity contribution in [2.45, 2.75) is 13.5 Å². The molecule has 3 aromatic carbocycles. The van der Waals surface area contributed by atoms with E-state index < -0.39 is 10.8 Å². The predicted molar refractivity (Wildman–Crippen MR) is 142 cm³/mol. The number of carbonyl (C=O) groups is 1. The van der Waals surface area contributed by atoms with Gasteiger partial charge in [0.1, 0.15) is 18.2 Å². The highest BCUT2D eigenvalue weighted by Crippen LogP contribution is 2.35. The maximum Gasteiger partial charge on any atom is 0.271 e. The number of amides is 1. The molecule has 10 heteroatoms. The van der Waals surface area contributed by atoms with Crippen LogP contribution in [0.5, 0.6) is 11.5 Å². The van der Waals surface area contributed by atoms with E-state index in [1.807, 2.05) is 37.3 Å². The summed E-state index contributed by atoms with van der Waals surface area (Å²) >= 11 is 8.13. The van der Waals surface area contributed by atoms with Gasteiger partial charge in [-0.1, -0.05) is 41.4 Å². The van der Waals surface area contributed by atoms with Crippen LogP contribution in [0, 0.1) is 31.9 Å². The zero-order valence-electron chi connectivity index (χ0n) is 18.7. The lowest BCUT2D eigenvalue weighted by Gasteiger charge is -2.14. The second kappa shape index (κ2) is 11.7. The minimum Gasteiger partial charge on any atom is -0.493 e. The van der Waals surface area contributed by atoms with Gasteiger partial charge in [-0.25, -0.2) is 0 Å². The number of aryl methyl sites for hydroxylation is 1. The number of anilines is 1. The lowest BCUT2D eigenvalue weighted by atomic mass is 10.1. The summed E-state index contributed by atoms with van der Waals surface area (Å²) in [5, 5.41) is 23.1. The molecule has 35 heavy (non-hydrogen) atoms. The molecule has 0 heterocycles. The Morgan fingerprint density at radius 3 is 2.57 bits per heavy atom. The number of nitrogens with zero attached hydrogens (tertiary/aromatic N) is 2. The summed E-state index contributed by atoms with van der Waals surface area (Å²) in [6, 6.07) is 16.9. The summed E-state index contributed by atoms with van der Waals surface area (Å²) in [7, 11) is 1.50. The minimum atomic E-state index is -0.761. The first-order chi connectivity index (χ1) is 16.7. The van der Waals surface area contributed by atoms with Gasteiger partial charge in [0.05, 0.1) is 26.3 Å². The van der Waals surface area contributed by atoms with Gasteiger partial charge in [0.15, 0.2) is 11.5 Å². The van der Waals surface area contributed by atoms with Gasteiger partial charge in [-0.3, -0.25) is 14.9 Å². The van der Waals surface area contributed by atoms with Crippen LogP contribution in [0.3, 0.4) is 0 Å². The smallest absolute Gasteiger partial charge is 0.271 e. The molecule has 0 aliphatic heterocycles. The summed E-state index contributed by atoms with van der Waals surface area (Å²) in [4.78, 5) is 23.1. The van der Waals surface area contributed by atoms with Crippen molar-refractivity contribution in [3.05, 3.63) is 95.6 Å². The molecule has 3 aromatic rings. The van der Waals surface area contributed by atoms with Crippen LogP contribution in [-0.4, -0.2) is 17.9 Å². The number of non-ortho nitro benzene ring substituents is 1. The third kappa shape index (κ3) is 6.71. The van der Waals surface area contributed by atoms with Crippen molar-refractivity contribution in [3.63, 3.8) is 0 Å². The number of carbonyl (C=O) groups excluding carboxylic acids is 1. The van der Waals surface area contributed by atoms with E-state index >= 15 is 0 Å². The molecule has 0 saturated carbocycles. The van der Waals surface area contributed by atoms with Crippen LogP contribution >= 0.6 is 34.2 Å². The number of halogens is 2. The number of rotatable bonds is 8. The molecule has 8 nitrogen and oxygen atoms in total. The van der Waals surface area contributed by atoms with Gasteiger partial charge in [-0.2, -0.15) is 5.26 Å². The Balaban J connectivity index is 1.84. The van der Waals surface area contributed by atoms with Crippen molar-refractivity contribution in [1.29, 1.82) is 5.26 Å². The maximum absolute atomic E-state index is 12.7. The van der Waals surface area contributed by atoms with Gasteiger partial charge in [-0.15, -0.1) is 0 Å². The number of methoxy groups -OCH3 is 1. The van der Waals surface area contributed by atoms with Crippen molar-refractivity contribution >= 4 is 57.5 Å². The standard InChI is InChI=1S/C25H19ClIN3O5/c1-15-3-5-16(6-4-15)14-35-24-21(27)10-17(11-23(24)34-2)9-18(13-28)25(31)29-22-12-19(30(32)33)7-8-20(22)26/h3-12H,14H2,1-2H3,(H,29,31)/b18-9+. The molecule has 0 saturated heterocycles. The van der Waals surface area contributed by atoms with Crippen molar-refractivity contribution in [3.8, 4) is 17.6 Å². The minimum absolute atomic E-state index is 0.0269. The van der Waals surface area contributed by atoms with Gasteiger partial charge in [0, 0.05) is 12.1 Å². The highest BCUT2D eigenvalue weighted by molar-refractivity contribution is 14.1. The van der Waals surface area contributed by atoms with E-state index in [-0.39, 0.29) is 22.0 Å². The van der Waals surface area contributed by atoms with Crippen LogP contribution in [0.25, 0.3) is 6.08 Å². The lowest BCUT2D eigenvalue weighted by Crippen LogP contribution is -2.14. The Kier molecular flexibility index (Phi) is 8.68. The number of nitrogens with one attached hydrogen (secondary N) is 1. The molecule has 0 radical (unpaired) electrons. The van der Waals surface area contributed by atoms with Crippen molar-refractivity contribution in [2.24, 2.45) is 0 Å². The Hall–Kier alpha value is -3.62. The summed E-state index contributed by atoms with van der Waals surface area (Å²) in [5.41, 5.74) is 2.25. The Bertz CT molecular complexity index is 1350. The molecule has 0 aliphatic carbocycles. The molecular formula is C25H19ClIN3O5. The van der Waals surface area contributed by atoms with Crippen LogP contribution in [0.4, 0.5) is 11.4 Å². The summed E-state index contributed by atoms with van der Waals surface area (Å²) in [6.45, 7) is 2.36. The number of hydrogen-bond donors (Lipinski definition) is 1. The molecule has 0 aliphatic rings. The topological polar surface area (TPSA) is 114 Å². The molecule has 178 valence electrons. The Labute approximate surface area is 220 Å². The van der Waals surface area contributed by atoms with E-state index in [1.54, 1.807) is 12.1 Å². The SMILES string of the molecule is COc1cc(/C=C(\C#N)C(=O)Nc2cc([N+](=O)[O-])ccc2Cl)cc(I)c1OCc1ccc(C)cc1. The quantitative estimate of drug-likeness (QED) is 0.106. The van der Waals surface area contributed by atoms with Crippen LogP contribution in [-0.2, 0) is 11.4 Å². The van der Waals surface area contributed by atoms with Gasteiger partial charge in [0.25, 0.3) is 11.6 Å². The molecule has 1 N–H and O–H groups in total. The highest BCUT2D eigenvalue weighted by atomic mass is 127. The number of ether oxygens (including phenoxy) is 2. The van der Waals surface area contributed by atoms with Crippen molar-refractivity contribution in [1.82, 2.24) is 0 Å². The largest absolute Gasteiger partial charge is 0.493 e. The van der Waals surface area contributed by atoms with Gasteiger partial charge >= 0.3 is 0 Å². The van der Waals surface area contributed by atoms with Crippen LogP contribution in [0.15, 0.2) is 60.2 Å². The Morgan fingerprint density at radius 2 is 1.94 bits per heavy atom. The number of nitro benzene ring substituents is 1. The molecule has 0 unspecified atom stereocenters. The number of nitriles is 1. The number of hydrogen-bond acceptors (Lipinski definition) is 6. The van der Waals surface area contributed by atoms with Crippen molar-refractivity contribution < 1.29 is 19.2 Å². The van der Waals surface area contributed by atoms with Crippen LogP contribution < -0.4 is 14.8 Å². The summed E-state index contributed by atoms with van der Waals surface area (Å²) < 4.78 is 12.2. The fourth-order valence-electron chi connectivity index (χ4n) is 3.03. The number of benzene rings is 3. The molecule has 0 bridgehead atoms. The van der Waals surface area contributed by atoms with E-state index in [1.165, 1.54) is 25.3 Å². The number of nitro groups is 1. The zero-order chi connectivity index (χ0) is 25.5. The van der Waals surface area contributed by atoms with E-state index in [0.717, 1.165) is 20.8 Å². The maximum atomic E-state index is 12.7. The van der Waals surface area contributed by atoms with Gasteiger partial charge in [-0.05, 0) is 64.9 Å². The second-order valence-electron chi connectivity index (χ2n) is 7.35. The molecule has 1 amide bonds. The first-order valence-corrected chi connectivity index (χ1v) is 11.6. The fraction of sp³-hybridized carbons (Fsp3) is 0.120. The molecule has 3 rings (SSSR count). The summed E-state index contributed by atoms with van der Waals surface area (Å²) in [6.07, 6.45) is 1.38. The zero-order valence-corrected chi connectivity index (χ0v) is 21.6. The molecule has 0 atom stereocenters. The molecule has 0 fully saturated rings. The van der Waals surface area contributed by atoms with Crippen molar-refractivity contribution in [2.75, 3.05) is 12.4 Å². The highest BCUT2D eigenvalue weighted by Gasteiger charge is 2.17. The fourth-order valence-corrected chi connectivity index (χ4v) is 3.98. The predicted octanol–water partition coefficient (Wildman–Crippen LogP) is 6.29. The van der Waals surface area contributed by atoms with E-state index in [4.69, 9.17) is 21.1 Å².